The Balaban J connectivity index is 2.47. The molecule has 0 aromatic heterocycles. The van der Waals surface area contributed by atoms with E-state index in [2.05, 4.69) is 18.3 Å². The summed E-state index contributed by atoms with van der Waals surface area (Å²) in [5.74, 6) is -0.351. The van der Waals surface area contributed by atoms with Crippen molar-refractivity contribution in [3.8, 4) is 0 Å². The van der Waals surface area contributed by atoms with E-state index in [0.29, 0.717) is 5.56 Å². The fourth-order valence-electron chi connectivity index (χ4n) is 2.30. The van der Waals surface area contributed by atoms with Crippen LogP contribution in [-0.2, 0) is 0 Å². The topological polar surface area (TPSA) is 55.1 Å². The standard InChI is InChI=1S/C14H18N2O/c1-9-10(2)13(14(15)17)4-3-12(9)11-5-7-16-8-6-11/h3-5,16H,6-8H2,1-2H3,(H2,15,17). The number of primary amides is 1. The molecule has 0 saturated heterocycles. The maximum Gasteiger partial charge on any atom is 0.248 e. The minimum absolute atomic E-state index is 0.351. The number of hydrogen-bond acceptors (Lipinski definition) is 2. The van der Waals surface area contributed by atoms with Crippen molar-refractivity contribution in [2.75, 3.05) is 13.1 Å². The van der Waals surface area contributed by atoms with Gasteiger partial charge < -0.3 is 11.1 Å². The summed E-state index contributed by atoms with van der Waals surface area (Å²) in [4.78, 5) is 11.3. The third-order valence-corrected chi connectivity index (χ3v) is 3.46. The molecule has 1 heterocycles. The molecule has 0 atom stereocenters. The summed E-state index contributed by atoms with van der Waals surface area (Å²) in [6.07, 6.45) is 3.26. The van der Waals surface area contributed by atoms with E-state index < -0.39 is 0 Å². The van der Waals surface area contributed by atoms with Crippen LogP contribution in [0, 0.1) is 13.8 Å². The van der Waals surface area contributed by atoms with E-state index in [1.54, 1.807) is 0 Å². The van der Waals surface area contributed by atoms with Crippen molar-refractivity contribution in [3.63, 3.8) is 0 Å². The van der Waals surface area contributed by atoms with Crippen molar-refractivity contribution < 1.29 is 4.79 Å². The average molecular weight is 230 g/mol. The van der Waals surface area contributed by atoms with E-state index in [1.165, 1.54) is 11.1 Å². The molecule has 3 nitrogen and oxygen atoms in total. The van der Waals surface area contributed by atoms with Crippen LogP contribution in [0.1, 0.15) is 33.5 Å². The molecule has 1 aromatic rings. The Bertz CT molecular complexity index is 489. The molecule has 0 saturated carbocycles. The minimum atomic E-state index is -0.351. The second kappa shape index (κ2) is 4.72. The number of hydrogen-bond donors (Lipinski definition) is 2. The number of carbonyl (C=O) groups is 1. The molecule has 90 valence electrons. The first-order chi connectivity index (χ1) is 8.11. The third kappa shape index (κ3) is 2.24. The summed E-state index contributed by atoms with van der Waals surface area (Å²) in [6.45, 7) is 5.95. The van der Waals surface area contributed by atoms with Crippen LogP contribution in [0.25, 0.3) is 5.57 Å². The van der Waals surface area contributed by atoms with Crippen LogP contribution in [0.5, 0.6) is 0 Å². The molecule has 0 fully saturated rings. The molecular formula is C14H18N2O. The summed E-state index contributed by atoms with van der Waals surface area (Å²) < 4.78 is 0. The summed E-state index contributed by atoms with van der Waals surface area (Å²) in [7, 11) is 0. The number of nitrogens with two attached hydrogens (primary N) is 1. The smallest absolute Gasteiger partial charge is 0.248 e. The number of nitrogens with one attached hydrogen (secondary N) is 1. The Labute approximate surface area is 102 Å². The summed E-state index contributed by atoms with van der Waals surface area (Å²) in [6, 6.07) is 3.85. The Kier molecular flexibility index (Phi) is 3.29. The van der Waals surface area contributed by atoms with Crippen molar-refractivity contribution in [2.45, 2.75) is 20.3 Å². The van der Waals surface area contributed by atoms with Crippen LogP contribution in [0.15, 0.2) is 18.2 Å². The van der Waals surface area contributed by atoms with Gasteiger partial charge in [-0.1, -0.05) is 12.1 Å². The molecule has 1 aromatic carbocycles. The molecule has 3 heteroatoms. The lowest BCUT2D eigenvalue weighted by Gasteiger charge is -2.18. The van der Waals surface area contributed by atoms with Crippen LogP contribution in [-0.4, -0.2) is 19.0 Å². The van der Waals surface area contributed by atoms with E-state index in [0.717, 1.165) is 30.6 Å². The Morgan fingerprint density at radius 1 is 1.29 bits per heavy atom. The second-order valence-electron chi connectivity index (χ2n) is 4.46. The number of amides is 1. The monoisotopic (exact) mass is 230 g/mol. The second-order valence-corrected chi connectivity index (χ2v) is 4.46. The highest BCUT2D eigenvalue weighted by atomic mass is 16.1. The molecule has 1 aliphatic rings. The van der Waals surface area contributed by atoms with Crippen LogP contribution >= 0.6 is 0 Å². The summed E-state index contributed by atoms with van der Waals surface area (Å²) in [5.41, 5.74) is 10.7. The summed E-state index contributed by atoms with van der Waals surface area (Å²) >= 11 is 0. The lowest BCUT2D eigenvalue weighted by molar-refractivity contribution is 0.0999. The number of benzene rings is 1. The zero-order chi connectivity index (χ0) is 12.4. The molecule has 0 bridgehead atoms. The normalized spacial score (nSPS) is 15.5. The van der Waals surface area contributed by atoms with Gasteiger partial charge in [-0.15, -0.1) is 0 Å². The largest absolute Gasteiger partial charge is 0.366 e. The Morgan fingerprint density at radius 3 is 2.65 bits per heavy atom. The zero-order valence-electron chi connectivity index (χ0n) is 10.3. The van der Waals surface area contributed by atoms with E-state index in [1.807, 2.05) is 19.1 Å². The van der Waals surface area contributed by atoms with Crippen LogP contribution < -0.4 is 11.1 Å². The number of rotatable bonds is 2. The molecule has 0 aliphatic carbocycles. The maximum atomic E-state index is 11.3. The highest BCUT2D eigenvalue weighted by Crippen LogP contribution is 2.26. The predicted molar refractivity (Wildman–Crippen MR) is 69.9 cm³/mol. The quantitative estimate of drug-likeness (QED) is 0.813. The number of carbonyl (C=O) groups excluding carboxylic acids is 1. The lowest BCUT2D eigenvalue weighted by Crippen LogP contribution is -2.20. The van der Waals surface area contributed by atoms with Gasteiger partial charge in [0.25, 0.3) is 0 Å². The van der Waals surface area contributed by atoms with Gasteiger partial charge in [0.2, 0.25) is 5.91 Å². The van der Waals surface area contributed by atoms with Crippen molar-refractivity contribution >= 4 is 11.5 Å². The highest BCUT2D eigenvalue weighted by molar-refractivity contribution is 5.95. The lowest BCUT2D eigenvalue weighted by atomic mass is 9.91. The minimum Gasteiger partial charge on any atom is -0.366 e. The van der Waals surface area contributed by atoms with Gasteiger partial charge in [-0.2, -0.15) is 0 Å². The summed E-state index contributed by atoms with van der Waals surface area (Å²) in [5, 5.41) is 3.30. The van der Waals surface area contributed by atoms with Crippen molar-refractivity contribution in [1.29, 1.82) is 0 Å². The van der Waals surface area contributed by atoms with Crippen molar-refractivity contribution in [2.24, 2.45) is 5.73 Å². The zero-order valence-corrected chi connectivity index (χ0v) is 10.3. The third-order valence-electron chi connectivity index (χ3n) is 3.46. The van der Waals surface area contributed by atoms with Gasteiger partial charge in [0, 0.05) is 12.1 Å². The fraction of sp³-hybridized carbons (Fsp3) is 0.357. The molecule has 17 heavy (non-hydrogen) atoms. The SMILES string of the molecule is Cc1c(C(N)=O)ccc(C2=CCNCC2)c1C. The van der Waals surface area contributed by atoms with E-state index >= 15 is 0 Å². The van der Waals surface area contributed by atoms with Crippen LogP contribution in [0.2, 0.25) is 0 Å². The van der Waals surface area contributed by atoms with Crippen molar-refractivity contribution in [1.82, 2.24) is 5.32 Å². The molecule has 0 spiro atoms. The maximum absolute atomic E-state index is 11.3. The van der Waals surface area contributed by atoms with Gasteiger partial charge in [0.15, 0.2) is 0 Å². The fourth-order valence-corrected chi connectivity index (χ4v) is 2.30. The molecule has 2 rings (SSSR count). The Hall–Kier alpha value is -1.61. The first-order valence-electron chi connectivity index (χ1n) is 5.91. The van der Waals surface area contributed by atoms with Gasteiger partial charge in [-0.3, -0.25) is 4.79 Å². The van der Waals surface area contributed by atoms with Gasteiger partial charge in [-0.05, 0) is 55.1 Å². The van der Waals surface area contributed by atoms with Gasteiger partial charge in [0.1, 0.15) is 0 Å². The first kappa shape index (κ1) is 11.9. The van der Waals surface area contributed by atoms with E-state index in [4.69, 9.17) is 5.73 Å². The van der Waals surface area contributed by atoms with Crippen LogP contribution in [0.3, 0.4) is 0 Å². The first-order valence-corrected chi connectivity index (χ1v) is 5.91. The predicted octanol–water partition coefficient (Wildman–Crippen LogP) is 1.78. The molecule has 1 amide bonds. The molecule has 0 unspecified atom stereocenters. The average Bonchev–Trinajstić information content (AvgIpc) is 2.33. The Morgan fingerprint density at radius 2 is 2.06 bits per heavy atom. The van der Waals surface area contributed by atoms with Gasteiger partial charge in [0.05, 0.1) is 0 Å². The van der Waals surface area contributed by atoms with Gasteiger partial charge >= 0.3 is 0 Å². The highest BCUT2D eigenvalue weighted by Gasteiger charge is 2.13. The van der Waals surface area contributed by atoms with E-state index in [-0.39, 0.29) is 5.91 Å². The molecule has 0 radical (unpaired) electrons. The molecule has 1 aliphatic heterocycles. The van der Waals surface area contributed by atoms with Crippen molar-refractivity contribution in [3.05, 3.63) is 40.5 Å². The molecule has 3 N–H and O–H groups in total. The molecular weight excluding hydrogens is 212 g/mol. The van der Waals surface area contributed by atoms with E-state index in [9.17, 15) is 4.79 Å². The van der Waals surface area contributed by atoms with Gasteiger partial charge in [-0.25, -0.2) is 0 Å². The van der Waals surface area contributed by atoms with Crippen LogP contribution in [0.4, 0.5) is 0 Å².